The second-order valence-corrected chi connectivity index (χ2v) is 10.7. The summed E-state index contributed by atoms with van der Waals surface area (Å²) in [4.78, 5) is 28.5. The molecule has 36 heavy (non-hydrogen) atoms. The molecule has 1 aliphatic carbocycles. The molecule has 0 bridgehead atoms. The van der Waals surface area contributed by atoms with E-state index in [1.54, 1.807) is 42.5 Å². The number of nitrogens with one attached hydrogen (secondary N) is 2. The third-order valence-corrected chi connectivity index (χ3v) is 8.15. The molecule has 2 N–H and O–H groups in total. The van der Waals surface area contributed by atoms with Gasteiger partial charge >= 0.3 is 11.1 Å². The molecule has 1 aromatic heterocycles. The molecule has 1 heterocycles. The highest BCUT2D eigenvalue weighted by atomic mass is 32.2. The minimum Gasteiger partial charge on any atom is -0.316 e. The molecule has 0 saturated heterocycles. The Balaban J connectivity index is 1.44. The molecular weight excluding hydrogens is 474 g/mol. The Morgan fingerprint density at radius 1 is 0.806 bits per heavy atom. The maximum absolute atomic E-state index is 13.2. The van der Waals surface area contributed by atoms with Gasteiger partial charge in [-0.2, -0.15) is 0 Å². The van der Waals surface area contributed by atoms with Crippen molar-refractivity contribution in [2.24, 2.45) is 0 Å². The van der Waals surface area contributed by atoms with Crippen LogP contribution in [0.3, 0.4) is 0 Å². The number of benzene rings is 4. The number of hydrogen-bond acceptors (Lipinski definition) is 4. The number of sulfonamides is 1. The van der Waals surface area contributed by atoms with Gasteiger partial charge in [0.1, 0.15) is 0 Å². The molecule has 0 atom stereocenters. The van der Waals surface area contributed by atoms with Crippen LogP contribution in [0.15, 0.2) is 93.3 Å². The molecule has 0 aliphatic heterocycles. The van der Waals surface area contributed by atoms with Gasteiger partial charge in [-0.05, 0) is 84.0 Å². The Bertz CT molecular complexity index is 1890. The predicted molar refractivity (Wildman–Crippen MR) is 142 cm³/mol. The molecule has 6 rings (SSSR count). The lowest BCUT2D eigenvalue weighted by Crippen LogP contribution is -2.36. The van der Waals surface area contributed by atoms with Crippen molar-refractivity contribution in [1.29, 1.82) is 0 Å². The second kappa shape index (κ2) is 8.49. The van der Waals surface area contributed by atoms with Crippen LogP contribution < -0.4 is 15.8 Å². The average molecular weight is 498 g/mol. The van der Waals surface area contributed by atoms with E-state index in [9.17, 15) is 18.0 Å². The monoisotopic (exact) mass is 497 g/mol. The molecule has 7 nitrogen and oxygen atoms in total. The number of hydrogen-bond donors (Lipinski definition) is 2. The lowest BCUT2D eigenvalue weighted by Gasteiger charge is -2.19. The van der Waals surface area contributed by atoms with Gasteiger partial charge in [-0.3, -0.25) is 18.9 Å². The Morgan fingerprint density at radius 2 is 1.61 bits per heavy atom. The van der Waals surface area contributed by atoms with Crippen LogP contribution in [0, 0.1) is 0 Å². The van der Waals surface area contributed by atoms with Crippen LogP contribution in [0.1, 0.15) is 24.0 Å². The zero-order valence-corrected chi connectivity index (χ0v) is 20.1. The van der Waals surface area contributed by atoms with Crippen molar-refractivity contribution in [1.82, 2.24) is 9.55 Å². The molecule has 0 radical (unpaired) electrons. The van der Waals surface area contributed by atoms with E-state index < -0.39 is 21.1 Å². The third-order valence-electron chi connectivity index (χ3n) is 6.78. The first-order chi connectivity index (χ1) is 17.4. The van der Waals surface area contributed by atoms with Crippen molar-refractivity contribution < 1.29 is 8.42 Å². The Hall–Kier alpha value is -4.17. The number of aromatic nitrogens is 2. The summed E-state index contributed by atoms with van der Waals surface area (Å²) in [6.07, 6.45) is 3.91. The molecule has 0 saturated carbocycles. The van der Waals surface area contributed by atoms with Gasteiger partial charge in [0.05, 0.1) is 27.3 Å². The van der Waals surface area contributed by atoms with E-state index in [-0.39, 0.29) is 4.90 Å². The second-order valence-electron chi connectivity index (χ2n) is 9.06. The van der Waals surface area contributed by atoms with Crippen LogP contribution >= 0.6 is 0 Å². The van der Waals surface area contributed by atoms with Crippen molar-refractivity contribution in [3.05, 3.63) is 111 Å². The van der Waals surface area contributed by atoms with E-state index in [1.165, 1.54) is 10.1 Å². The fourth-order valence-corrected chi connectivity index (χ4v) is 6.12. The minimum absolute atomic E-state index is 0.136. The molecule has 0 unspecified atom stereocenters. The van der Waals surface area contributed by atoms with E-state index in [4.69, 9.17) is 0 Å². The summed E-state index contributed by atoms with van der Waals surface area (Å²) in [7, 11) is -3.88. The van der Waals surface area contributed by atoms with Crippen LogP contribution in [0.4, 0.5) is 5.69 Å². The molecule has 0 spiro atoms. The van der Waals surface area contributed by atoms with Crippen LogP contribution in [0.2, 0.25) is 0 Å². The zero-order valence-electron chi connectivity index (χ0n) is 19.3. The fourth-order valence-electron chi connectivity index (χ4n) is 5.03. The summed E-state index contributed by atoms with van der Waals surface area (Å²) in [6.45, 7) is 0. The summed E-state index contributed by atoms with van der Waals surface area (Å²) in [5.41, 5.74) is 2.79. The van der Waals surface area contributed by atoms with Gasteiger partial charge in [0.2, 0.25) is 0 Å². The molecule has 180 valence electrons. The number of aromatic amines is 1. The normalized spacial score (nSPS) is 13.6. The van der Waals surface area contributed by atoms with Crippen LogP contribution in [0.25, 0.3) is 27.5 Å². The van der Waals surface area contributed by atoms with Gasteiger partial charge in [0.25, 0.3) is 10.0 Å². The predicted octanol–water partition coefficient (Wildman–Crippen LogP) is 4.51. The molecular formula is C28H23N3O4S. The number of nitrogens with zero attached hydrogens (tertiary/aromatic N) is 1. The van der Waals surface area contributed by atoms with E-state index in [0.29, 0.717) is 22.4 Å². The van der Waals surface area contributed by atoms with Crippen LogP contribution in [0.5, 0.6) is 0 Å². The lowest BCUT2D eigenvalue weighted by atomic mass is 9.90. The van der Waals surface area contributed by atoms with Gasteiger partial charge in [0.15, 0.2) is 0 Å². The lowest BCUT2D eigenvalue weighted by molar-refractivity contribution is 0.601. The number of aryl methyl sites for hydroxylation is 2. The quantitative estimate of drug-likeness (QED) is 0.357. The van der Waals surface area contributed by atoms with E-state index in [1.807, 2.05) is 36.4 Å². The third kappa shape index (κ3) is 3.79. The first-order valence-corrected chi connectivity index (χ1v) is 13.3. The number of anilines is 1. The smallest absolute Gasteiger partial charge is 0.316 e. The zero-order chi connectivity index (χ0) is 24.9. The SMILES string of the molecule is O=c1[nH]c2c3c(ccc2n(-c2cccc(NS(=O)(=O)c4ccc5ccccc5c4)c2)c1=O)CCCC3. The first-order valence-electron chi connectivity index (χ1n) is 11.8. The molecule has 1 aliphatic rings. The van der Waals surface area contributed by atoms with Crippen LogP contribution in [-0.4, -0.2) is 18.0 Å². The Morgan fingerprint density at radius 3 is 2.47 bits per heavy atom. The number of H-pyrrole nitrogens is 1. The number of rotatable bonds is 4. The van der Waals surface area contributed by atoms with Crippen molar-refractivity contribution in [3.63, 3.8) is 0 Å². The first kappa shape index (κ1) is 22.3. The van der Waals surface area contributed by atoms with Crippen LogP contribution in [-0.2, 0) is 22.9 Å². The van der Waals surface area contributed by atoms with Crippen molar-refractivity contribution in [2.75, 3.05) is 4.72 Å². The molecule has 4 aromatic carbocycles. The Kier molecular flexibility index (Phi) is 5.26. The van der Waals surface area contributed by atoms with E-state index in [0.717, 1.165) is 42.0 Å². The maximum Gasteiger partial charge on any atom is 0.321 e. The highest BCUT2D eigenvalue weighted by Gasteiger charge is 2.19. The molecule has 8 heteroatoms. The molecule has 0 fully saturated rings. The van der Waals surface area contributed by atoms with Crippen molar-refractivity contribution in [3.8, 4) is 5.69 Å². The number of fused-ring (bicyclic) bond motifs is 4. The van der Waals surface area contributed by atoms with Crippen molar-refractivity contribution in [2.45, 2.75) is 30.6 Å². The largest absolute Gasteiger partial charge is 0.321 e. The topological polar surface area (TPSA) is 101 Å². The molecule has 0 amide bonds. The molecule has 5 aromatic rings. The van der Waals surface area contributed by atoms with E-state index in [2.05, 4.69) is 9.71 Å². The van der Waals surface area contributed by atoms with Gasteiger partial charge in [0, 0.05) is 0 Å². The van der Waals surface area contributed by atoms with Gasteiger partial charge in [-0.25, -0.2) is 8.42 Å². The van der Waals surface area contributed by atoms with Gasteiger partial charge in [-0.1, -0.05) is 42.5 Å². The van der Waals surface area contributed by atoms with Crippen molar-refractivity contribution >= 4 is 37.5 Å². The summed E-state index contributed by atoms with van der Waals surface area (Å²) in [5, 5.41) is 1.76. The Labute approximate surface area is 207 Å². The highest BCUT2D eigenvalue weighted by Crippen LogP contribution is 2.28. The summed E-state index contributed by atoms with van der Waals surface area (Å²) in [5.74, 6) is 0. The summed E-state index contributed by atoms with van der Waals surface area (Å²) < 4.78 is 30.3. The minimum atomic E-state index is -3.88. The van der Waals surface area contributed by atoms with Gasteiger partial charge in [-0.15, -0.1) is 0 Å². The van der Waals surface area contributed by atoms with E-state index >= 15 is 0 Å². The highest BCUT2D eigenvalue weighted by molar-refractivity contribution is 7.92. The summed E-state index contributed by atoms with van der Waals surface area (Å²) in [6, 6.07) is 22.9. The average Bonchev–Trinajstić information content (AvgIpc) is 2.89. The summed E-state index contributed by atoms with van der Waals surface area (Å²) >= 11 is 0. The maximum atomic E-state index is 13.2. The fraction of sp³-hybridized carbons (Fsp3) is 0.143. The standard InChI is InChI=1S/C28H23N3O4S/c32-27-28(33)31(25-15-13-19-7-3-4-11-24(19)26(25)29-27)22-10-5-9-21(17-22)30-36(34,35)23-14-12-18-6-1-2-8-20(18)16-23/h1-2,5-6,8-10,12-17,30H,3-4,7,11H2,(H,29,32). The van der Waals surface area contributed by atoms with Gasteiger partial charge < -0.3 is 4.98 Å².